The van der Waals surface area contributed by atoms with Crippen molar-refractivity contribution in [2.45, 2.75) is 73.1 Å². The van der Waals surface area contributed by atoms with Crippen LogP contribution in [0.4, 0.5) is 0 Å². The molecule has 1 fully saturated rings. The lowest BCUT2D eigenvalue weighted by Crippen LogP contribution is -2.37. The Balaban J connectivity index is 2.63. The molecule has 0 N–H and O–H groups in total. The van der Waals surface area contributed by atoms with Gasteiger partial charge in [0.05, 0.1) is 0 Å². The molecule has 0 aromatic heterocycles. The first kappa shape index (κ1) is 13.7. The smallest absolute Gasteiger partial charge is 0.136 e. The minimum absolute atomic E-state index is 0.324. The van der Waals surface area contributed by atoms with E-state index in [1.54, 1.807) is 0 Å². The fourth-order valence-corrected chi connectivity index (χ4v) is 3.63. The van der Waals surface area contributed by atoms with Crippen molar-refractivity contribution in [3.63, 3.8) is 0 Å². The van der Waals surface area contributed by atoms with Crippen molar-refractivity contribution in [3.05, 3.63) is 0 Å². The van der Waals surface area contributed by atoms with Crippen LogP contribution in [0.2, 0.25) is 0 Å². The third-order valence-corrected chi connectivity index (χ3v) is 3.79. The van der Waals surface area contributed by atoms with Crippen LogP contribution < -0.4 is 0 Å². The Morgan fingerprint density at radius 2 is 1.62 bits per heavy atom. The third kappa shape index (κ3) is 3.92. The molecule has 0 unspecified atom stereocenters. The molecular formula is C15H28O. The van der Waals surface area contributed by atoms with Crippen LogP contribution in [0.3, 0.4) is 0 Å². The maximum absolute atomic E-state index is 12.1. The van der Waals surface area contributed by atoms with Gasteiger partial charge in [0.15, 0.2) is 0 Å². The lowest BCUT2D eigenvalue weighted by molar-refractivity contribution is -0.127. The molecular weight excluding hydrogens is 196 g/mol. The Hall–Kier alpha value is -0.330. The van der Waals surface area contributed by atoms with E-state index in [1.807, 2.05) is 0 Å². The predicted octanol–water partition coefficient (Wildman–Crippen LogP) is 4.60. The first-order valence-electron chi connectivity index (χ1n) is 6.78. The average molecular weight is 224 g/mol. The van der Waals surface area contributed by atoms with E-state index in [-0.39, 0.29) is 0 Å². The van der Waals surface area contributed by atoms with E-state index >= 15 is 0 Å². The van der Waals surface area contributed by atoms with Gasteiger partial charge in [-0.3, -0.25) is 4.79 Å². The first-order chi connectivity index (χ1) is 7.26. The standard InChI is InChI=1S/C15H28O/c1-6-7-8-13(16)12-9-14(2,3)11-15(4,5)10-12/h12H,6-11H2,1-5H3. The van der Waals surface area contributed by atoms with Crippen LogP contribution in [0.5, 0.6) is 0 Å². The van der Waals surface area contributed by atoms with Gasteiger partial charge in [-0.05, 0) is 36.5 Å². The lowest BCUT2D eigenvalue weighted by Gasteiger charge is -2.44. The Morgan fingerprint density at radius 1 is 1.12 bits per heavy atom. The summed E-state index contributed by atoms with van der Waals surface area (Å²) in [6.45, 7) is 11.4. The number of carbonyl (C=O) groups is 1. The van der Waals surface area contributed by atoms with Gasteiger partial charge in [0.1, 0.15) is 5.78 Å². The number of rotatable bonds is 4. The summed E-state index contributed by atoms with van der Waals surface area (Å²) < 4.78 is 0. The minimum Gasteiger partial charge on any atom is -0.299 e. The number of Topliss-reactive ketones (excluding diaryl/α,β-unsaturated/α-hetero) is 1. The van der Waals surface area contributed by atoms with Crippen molar-refractivity contribution >= 4 is 5.78 Å². The third-order valence-electron chi connectivity index (χ3n) is 3.79. The molecule has 0 bridgehead atoms. The topological polar surface area (TPSA) is 17.1 Å². The summed E-state index contributed by atoms with van der Waals surface area (Å²) in [6, 6.07) is 0. The summed E-state index contributed by atoms with van der Waals surface area (Å²) in [7, 11) is 0. The van der Waals surface area contributed by atoms with Gasteiger partial charge in [-0.2, -0.15) is 0 Å². The Kier molecular flexibility index (Phi) is 4.20. The Morgan fingerprint density at radius 3 is 2.06 bits per heavy atom. The van der Waals surface area contributed by atoms with Gasteiger partial charge in [0, 0.05) is 12.3 Å². The number of hydrogen-bond donors (Lipinski definition) is 0. The van der Waals surface area contributed by atoms with E-state index in [0.29, 0.717) is 22.5 Å². The Labute approximate surface area is 101 Å². The van der Waals surface area contributed by atoms with Crippen LogP contribution in [-0.2, 0) is 4.79 Å². The molecule has 0 atom stereocenters. The van der Waals surface area contributed by atoms with E-state index in [9.17, 15) is 4.79 Å². The summed E-state index contributed by atoms with van der Waals surface area (Å²) in [4.78, 5) is 12.1. The summed E-state index contributed by atoms with van der Waals surface area (Å²) >= 11 is 0. The van der Waals surface area contributed by atoms with Crippen molar-refractivity contribution in [2.75, 3.05) is 0 Å². The van der Waals surface area contributed by atoms with Crippen molar-refractivity contribution in [3.8, 4) is 0 Å². The van der Waals surface area contributed by atoms with Crippen LogP contribution in [0.25, 0.3) is 0 Å². The molecule has 0 aromatic rings. The van der Waals surface area contributed by atoms with Crippen LogP contribution >= 0.6 is 0 Å². The number of unbranched alkanes of at least 4 members (excludes halogenated alkanes) is 1. The summed E-state index contributed by atoms with van der Waals surface area (Å²) in [5.74, 6) is 0.841. The molecule has 0 heterocycles. The van der Waals surface area contributed by atoms with Gasteiger partial charge in [-0.15, -0.1) is 0 Å². The van der Waals surface area contributed by atoms with Crippen molar-refractivity contribution in [1.29, 1.82) is 0 Å². The molecule has 0 amide bonds. The average Bonchev–Trinajstić information content (AvgIpc) is 2.09. The number of carbonyl (C=O) groups excluding carboxylic acids is 1. The lowest BCUT2D eigenvalue weighted by atomic mass is 9.60. The second-order valence-corrected chi connectivity index (χ2v) is 7.18. The summed E-state index contributed by atoms with van der Waals surface area (Å²) in [5, 5.41) is 0. The first-order valence-corrected chi connectivity index (χ1v) is 6.78. The van der Waals surface area contributed by atoms with Gasteiger partial charge in [-0.1, -0.05) is 41.0 Å². The van der Waals surface area contributed by atoms with Crippen LogP contribution in [0, 0.1) is 16.7 Å². The fourth-order valence-electron chi connectivity index (χ4n) is 3.63. The van der Waals surface area contributed by atoms with Crippen LogP contribution in [-0.4, -0.2) is 5.78 Å². The zero-order valence-corrected chi connectivity index (χ0v) is 11.7. The molecule has 0 saturated heterocycles. The highest BCUT2D eigenvalue weighted by atomic mass is 16.1. The second-order valence-electron chi connectivity index (χ2n) is 7.18. The van der Waals surface area contributed by atoms with E-state index in [4.69, 9.17) is 0 Å². The van der Waals surface area contributed by atoms with Crippen molar-refractivity contribution < 1.29 is 4.79 Å². The van der Waals surface area contributed by atoms with Gasteiger partial charge in [0.2, 0.25) is 0 Å². The fraction of sp³-hybridized carbons (Fsp3) is 0.933. The molecule has 1 rings (SSSR count). The molecule has 1 aliphatic carbocycles. The van der Waals surface area contributed by atoms with Crippen LogP contribution in [0.1, 0.15) is 73.1 Å². The highest BCUT2D eigenvalue weighted by Crippen LogP contribution is 2.48. The van der Waals surface area contributed by atoms with E-state index < -0.39 is 0 Å². The monoisotopic (exact) mass is 224 g/mol. The van der Waals surface area contributed by atoms with E-state index in [2.05, 4.69) is 34.6 Å². The van der Waals surface area contributed by atoms with Gasteiger partial charge in [0.25, 0.3) is 0 Å². The number of ketones is 1. The molecule has 0 aromatic carbocycles. The predicted molar refractivity (Wildman–Crippen MR) is 69.4 cm³/mol. The SMILES string of the molecule is CCCCC(=O)C1CC(C)(C)CC(C)(C)C1. The largest absolute Gasteiger partial charge is 0.299 e. The highest BCUT2D eigenvalue weighted by Gasteiger charge is 2.40. The van der Waals surface area contributed by atoms with Crippen LogP contribution in [0.15, 0.2) is 0 Å². The van der Waals surface area contributed by atoms with Crippen molar-refractivity contribution in [2.24, 2.45) is 16.7 Å². The molecule has 0 radical (unpaired) electrons. The van der Waals surface area contributed by atoms with E-state index in [1.165, 1.54) is 6.42 Å². The molecule has 1 heteroatoms. The maximum Gasteiger partial charge on any atom is 0.136 e. The zero-order valence-electron chi connectivity index (χ0n) is 11.7. The minimum atomic E-state index is 0.324. The maximum atomic E-state index is 12.1. The summed E-state index contributed by atoms with van der Waals surface area (Å²) in [6.07, 6.45) is 6.43. The molecule has 0 spiro atoms. The summed E-state index contributed by atoms with van der Waals surface area (Å²) in [5.41, 5.74) is 0.683. The normalized spacial score (nSPS) is 24.3. The van der Waals surface area contributed by atoms with Crippen molar-refractivity contribution in [1.82, 2.24) is 0 Å². The van der Waals surface area contributed by atoms with Gasteiger partial charge in [-0.25, -0.2) is 0 Å². The molecule has 1 nitrogen and oxygen atoms in total. The van der Waals surface area contributed by atoms with E-state index in [0.717, 1.165) is 32.1 Å². The number of hydrogen-bond acceptors (Lipinski definition) is 1. The molecule has 94 valence electrons. The molecule has 1 saturated carbocycles. The molecule has 0 aliphatic heterocycles. The molecule has 16 heavy (non-hydrogen) atoms. The second kappa shape index (κ2) is 4.89. The Bertz CT molecular complexity index is 234. The van der Waals surface area contributed by atoms with Gasteiger partial charge >= 0.3 is 0 Å². The quantitative estimate of drug-likeness (QED) is 0.682. The molecule has 1 aliphatic rings. The zero-order chi connectivity index (χ0) is 12.4. The van der Waals surface area contributed by atoms with Gasteiger partial charge < -0.3 is 0 Å². The highest BCUT2D eigenvalue weighted by molar-refractivity contribution is 5.81.